The molecule has 0 aliphatic carbocycles. The highest BCUT2D eigenvalue weighted by molar-refractivity contribution is 5.92. The lowest BCUT2D eigenvalue weighted by Crippen LogP contribution is -2.20. The van der Waals surface area contributed by atoms with Crippen LogP contribution in [0.2, 0.25) is 0 Å². The number of benzene rings is 3. The number of hydrogen-bond donors (Lipinski definition) is 2. The summed E-state index contributed by atoms with van der Waals surface area (Å²) in [4.78, 5) is 32.5. The Morgan fingerprint density at radius 3 is 2.26 bits per heavy atom. The number of carbonyl (C=O) groups is 1. The van der Waals surface area contributed by atoms with E-state index in [-0.39, 0.29) is 18.2 Å². The number of ether oxygens (including phenoxy) is 2. The average Bonchev–Trinajstić information content (AvgIpc) is 2.84. The molecule has 0 aromatic heterocycles. The van der Waals surface area contributed by atoms with Gasteiger partial charge in [-0.15, -0.1) is 0 Å². The lowest BCUT2D eigenvalue weighted by Gasteiger charge is -2.08. The predicted molar refractivity (Wildman–Crippen MR) is 125 cm³/mol. The topological polar surface area (TPSA) is 158 Å². The summed E-state index contributed by atoms with van der Waals surface area (Å²) in [6, 6.07) is 16.7. The van der Waals surface area contributed by atoms with E-state index in [4.69, 9.17) is 9.47 Å². The summed E-state index contributed by atoms with van der Waals surface area (Å²) in [6.07, 6.45) is 1.41. The van der Waals surface area contributed by atoms with Crippen LogP contribution in [0.1, 0.15) is 5.56 Å². The fourth-order valence-electron chi connectivity index (χ4n) is 2.73. The molecule has 0 aliphatic rings. The number of nitrogens with zero attached hydrogens (tertiary/aromatic N) is 3. The lowest BCUT2D eigenvalue weighted by atomic mass is 10.2. The Bertz CT molecular complexity index is 1210. The fourth-order valence-corrected chi connectivity index (χ4v) is 2.73. The summed E-state index contributed by atoms with van der Waals surface area (Å²) in [5.41, 5.74) is 2.91. The van der Waals surface area contributed by atoms with E-state index in [1.165, 1.54) is 12.3 Å². The first-order valence-electron chi connectivity index (χ1n) is 9.74. The van der Waals surface area contributed by atoms with E-state index in [9.17, 15) is 25.0 Å². The van der Waals surface area contributed by atoms with E-state index < -0.39 is 21.2 Å². The van der Waals surface area contributed by atoms with Crippen molar-refractivity contribution in [1.29, 1.82) is 0 Å². The van der Waals surface area contributed by atoms with Crippen LogP contribution >= 0.6 is 0 Å². The predicted octanol–water partition coefficient (Wildman–Crippen LogP) is 3.98. The Morgan fingerprint density at radius 2 is 1.65 bits per heavy atom. The number of rotatable bonds is 10. The second-order valence-electron chi connectivity index (χ2n) is 6.72. The Labute approximate surface area is 193 Å². The van der Waals surface area contributed by atoms with Gasteiger partial charge >= 0.3 is 5.69 Å². The maximum absolute atomic E-state index is 12.0. The van der Waals surface area contributed by atoms with Gasteiger partial charge in [-0.3, -0.25) is 30.4 Å². The molecular formula is C22H19N5O7. The van der Waals surface area contributed by atoms with Crippen LogP contribution in [0.4, 0.5) is 22.7 Å². The Kier molecular flexibility index (Phi) is 7.68. The highest BCUT2D eigenvalue weighted by atomic mass is 16.6. The molecule has 0 unspecified atom stereocenters. The second kappa shape index (κ2) is 11.0. The molecule has 3 aromatic rings. The van der Waals surface area contributed by atoms with Crippen LogP contribution in [0.5, 0.6) is 11.5 Å². The van der Waals surface area contributed by atoms with Gasteiger partial charge in [-0.25, -0.2) is 0 Å². The zero-order valence-electron chi connectivity index (χ0n) is 17.8. The molecule has 0 atom stereocenters. The molecule has 1 amide bonds. The van der Waals surface area contributed by atoms with Gasteiger partial charge in [-0.2, -0.15) is 5.10 Å². The number of amides is 1. The molecule has 3 aromatic carbocycles. The molecule has 12 heteroatoms. The molecule has 3 rings (SSSR count). The number of nitrogens with one attached hydrogen (secondary N) is 2. The number of anilines is 2. The second-order valence-corrected chi connectivity index (χ2v) is 6.72. The molecule has 12 nitrogen and oxygen atoms in total. The number of hydrogen-bond acceptors (Lipinski definition) is 9. The van der Waals surface area contributed by atoms with Crippen molar-refractivity contribution in [2.24, 2.45) is 5.10 Å². The van der Waals surface area contributed by atoms with E-state index in [0.717, 1.165) is 12.1 Å². The first-order valence-corrected chi connectivity index (χ1v) is 9.74. The van der Waals surface area contributed by atoms with E-state index in [0.29, 0.717) is 22.7 Å². The van der Waals surface area contributed by atoms with Gasteiger partial charge < -0.3 is 14.8 Å². The first-order chi connectivity index (χ1) is 16.4. The van der Waals surface area contributed by atoms with Gasteiger partial charge in [0.15, 0.2) is 6.61 Å². The van der Waals surface area contributed by atoms with Crippen LogP contribution in [0.3, 0.4) is 0 Å². The number of carbonyl (C=O) groups excluding carboxylic acids is 1. The Balaban J connectivity index is 1.53. The number of hydrazone groups is 1. The molecule has 0 heterocycles. The standard InChI is InChI=1S/C22H19N5O7/c1-33-18-9-4-16(5-10-18)24-22(28)14-34-19-7-2-15(3-8-19)13-23-25-20-11-6-17(26(29)30)12-21(20)27(31)32/h2-13,25H,14H2,1H3,(H,24,28)/b23-13-. The largest absolute Gasteiger partial charge is 0.497 e. The van der Waals surface area contributed by atoms with Crippen LogP contribution in [-0.2, 0) is 4.79 Å². The van der Waals surface area contributed by atoms with Gasteiger partial charge in [0.25, 0.3) is 11.6 Å². The molecule has 0 spiro atoms. The third-order valence-corrected chi connectivity index (χ3v) is 4.41. The van der Waals surface area contributed by atoms with Gasteiger partial charge in [0, 0.05) is 11.8 Å². The van der Waals surface area contributed by atoms with Crippen molar-refractivity contribution in [1.82, 2.24) is 0 Å². The quantitative estimate of drug-likeness (QED) is 0.258. The van der Waals surface area contributed by atoms with E-state index in [2.05, 4.69) is 15.8 Å². The van der Waals surface area contributed by atoms with Crippen LogP contribution < -0.4 is 20.2 Å². The van der Waals surface area contributed by atoms with E-state index >= 15 is 0 Å². The summed E-state index contributed by atoms with van der Waals surface area (Å²) in [6.45, 7) is -0.190. The van der Waals surface area contributed by atoms with Gasteiger partial charge in [0.1, 0.15) is 17.2 Å². The van der Waals surface area contributed by atoms with Crippen molar-refractivity contribution >= 4 is 34.9 Å². The van der Waals surface area contributed by atoms with Crippen molar-refractivity contribution in [3.8, 4) is 11.5 Å². The van der Waals surface area contributed by atoms with Crippen molar-refractivity contribution in [2.45, 2.75) is 0 Å². The molecule has 174 valence electrons. The van der Waals surface area contributed by atoms with E-state index in [1.807, 2.05) is 0 Å². The normalized spacial score (nSPS) is 10.5. The summed E-state index contributed by atoms with van der Waals surface area (Å²) in [5.74, 6) is 0.810. The summed E-state index contributed by atoms with van der Waals surface area (Å²) in [7, 11) is 1.56. The molecule has 0 bridgehead atoms. The average molecular weight is 465 g/mol. The van der Waals surface area contributed by atoms with Crippen LogP contribution in [0.25, 0.3) is 0 Å². The van der Waals surface area contributed by atoms with Crippen molar-refractivity contribution in [3.05, 3.63) is 92.5 Å². The van der Waals surface area contributed by atoms with Gasteiger partial charge in [0.05, 0.1) is 29.2 Å². The molecule has 0 radical (unpaired) electrons. The minimum absolute atomic E-state index is 0.00896. The smallest absolute Gasteiger partial charge is 0.301 e. The number of nitro benzene ring substituents is 2. The lowest BCUT2D eigenvalue weighted by molar-refractivity contribution is -0.393. The number of non-ortho nitro benzene ring substituents is 1. The maximum atomic E-state index is 12.0. The monoisotopic (exact) mass is 465 g/mol. The number of methoxy groups -OCH3 is 1. The molecule has 0 fully saturated rings. The third-order valence-electron chi connectivity index (χ3n) is 4.41. The van der Waals surface area contributed by atoms with Crippen LogP contribution in [0.15, 0.2) is 71.8 Å². The SMILES string of the molecule is COc1ccc(NC(=O)COc2ccc(/C=N\Nc3ccc([N+](=O)[O-])cc3[N+](=O)[O-])cc2)cc1. The zero-order chi connectivity index (χ0) is 24.5. The molecular weight excluding hydrogens is 446 g/mol. The van der Waals surface area contributed by atoms with Crippen molar-refractivity contribution in [2.75, 3.05) is 24.5 Å². The summed E-state index contributed by atoms with van der Waals surface area (Å²) >= 11 is 0. The van der Waals surface area contributed by atoms with Gasteiger partial charge in [-0.1, -0.05) is 0 Å². The number of nitro groups is 2. The Morgan fingerprint density at radius 1 is 0.971 bits per heavy atom. The maximum Gasteiger partial charge on any atom is 0.301 e. The summed E-state index contributed by atoms with van der Waals surface area (Å²) in [5, 5.41) is 28.6. The minimum atomic E-state index is -0.734. The fraction of sp³-hybridized carbons (Fsp3) is 0.0909. The Hall–Kier alpha value is -5.00. The highest BCUT2D eigenvalue weighted by Gasteiger charge is 2.19. The van der Waals surface area contributed by atoms with Gasteiger partial charge in [0.2, 0.25) is 0 Å². The van der Waals surface area contributed by atoms with Crippen LogP contribution in [0, 0.1) is 20.2 Å². The third kappa shape index (κ3) is 6.50. The molecule has 0 aliphatic heterocycles. The highest BCUT2D eigenvalue weighted by Crippen LogP contribution is 2.28. The first kappa shape index (κ1) is 23.7. The van der Waals surface area contributed by atoms with Crippen LogP contribution in [-0.4, -0.2) is 35.7 Å². The van der Waals surface area contributed by atoms with Crippen molar-refractivity contribution < 1.29 is 24.1 Å². The zero-order valence-corrected chi connectivity index (χ0v) is 17.8. The van der Waals surface area contributed by atoms with Gasteiger partial charge in [-0.05, 0) is 60.2 Å². The molecule has 0 saturated heterocycles. The minimum Gasteiger partial charge on any atom is -0.497 e. The molecule has 0 saturated carbocycles. The summed E-state index contributed by atoms with van der Waals surface area (Å²) < 4.78 is 10.5. The van der Waals surface area contributed by atoms with E-state index in [1.54, 1.807) is 55.6 Å². The molecule has 2 N–H and O–H groups in total. The van der Waals surface area contributed by atoms with Crippen molar-refractivity contribution in [3.63, 3.8) is 0 Å². The molecule has 34 heavy (non-hydrogen) atoms.